The molecule has 3 atom stereocenters. The monoisotopic (exact) mass is 357 g/mol. The summed E-state index contributed by atoms with van der Waals surface area (Å²) in [4.78, 5) is 28.5. The molecule has 0 aromatic heterocycles. The van der Waals surface area contributed by atoms with Crippen LogP contribution in [-0.2, 0) is 31.0 Å². The Morgan fingerprint density at radius 1 is 1.31 bits per heavy atom. The maximum absolute atomic E-state index is 13.2. The zero-order valence-electron chi connectivity index (χ0n) is 15.6. The van der Waals surface area contributed by atoms with Gasteiger partial charge in [0.15, 0.2) is 5.78 Å². The van der Waals surface area contributed by atoms with Gasteiger partial charge in [0.05, 0.1) is 18.7 Å². The van der Waals surface area contributed by atoms with E-state index in [0.717, 1.165) is 38.6 Å². The standard InChI is InChI=1S/C21H27NO4/c1-3-26-19(24)21(25-2)17-10-6-7-12-20(17)16-9-5-4-8-15(16)11-13-22(20)14-18(21)23/h4-5,8-9,17H,3,6-7,10-14H2,1-2H3/t17-,20-,21-/m0/s1. The summed E-state index contributed by atoms with van der Waals surface area (Å²) in [7, 11) is 1.49. The Morgan fingerprint density at radius 2 is 2.12 bits per heavy atom. The Morgan fingerprint density at radius 3 is 2.88 bits per heavy atom. The summed E-state index contributed by atoms with van der Waals surface area (Å²) in [6.45, 7) is 3.12. The second-order valence-electron chi connectivity index (χ2n) is 7.63. The highest BCUT2D eigenvalue weighted by Gasteiger charge is 2.67. The van der Waals surface area contributed by atoms with Crippen molar-refractivity contribution in [3.05, 3.63) is 35.4 Å². The molecule has 1 spiro atoms. The Labute approximate surface area is 154 Å². The van der Waals surface area contributed by atoms with Crippen molar-refractivity contribution in [3.8, 4) is 0 Å². The highest BCUT2D eigenvalue weighted by Crippen LogP contribution is 2.56. The van der Waals surface area contributed by atoms with Gasteiger partial charge in [-0.2, -0.15) is 0 Å². The van der Waals surface area contributed by atoms with Crippen LogP contribution in [0.4, 0.5) is 0 Å². The first-order chi connectivity index (χ1) is 12.6. The molecule has 26 heavy (non-hydrogen) atoms. The summed E-state index contributed by atoms with van der Waals surface area (Å²) < 4.78 is 11.1. The number of carbonyl (C=O) groups is 2. The second-order valence-corrected chi connectivity index (χ2v) is 7.63. The van der Waals surface area contributed by atoms with Gasteiger partial charge in [-0.05, 0) is 37.3 Å². The number of Topliss-reactive ketones (excluding diaryl/α,β-unsaturated/α-hetero) is 1. The number of piperidine rings is 1. The number of nitrogens with zero attached hydrogens (tertiary/aromatic N) is 1. The molecular formula is C21H27NO4. The van der Waals surface area contributed by atoms with Crippen LogP contribution in [0, 0.1) is 5.92 Å². The molecule has 1 aliphatic carbocycles. The SMILES string of the molecule is CCOC(=O)[C@@]1(OC)C(=O)CN2CCc3ccccc3[C@]23CCCC[C@H]13. The minimum Gasteiger partial charge on any atom is -0.463 e. The van der Waals surface area contributed by atoms with Gasteiger partial charge in [0, 0.05) is 19.6 Å². The highest BCUT2D eigenvalue weighted by atomic mass is 16.6. The summed E-state index contributed by atoms with van der Waals surface area (Å²) in [6, 6.07) is 8.51. The van der Waals surface area contributed by atoms with Gasteiger partial charge in [-0.25, -0.2) is 4.79 Å². The largest absolute Gasteiger partial charge is 0.463 e. The Balaban J connectivity index is 1.92. The summed E-state index contributed by atoms with van der Waals surface area (Å²) in [5.41, 5.74) is 0.800. The van der Waals surface area contributed by atoms with Gasteiger partial charge in [-0.3, -0.25) is 9.69 Å². The van der Waals surface area contributed by atoms with E-state index in [9.17, 15) is 9.59 Å². The molecule has 5 nitrogen and oxygen atoms in total. The highest BCUT2D eigenvalue weighted by molar-refractivity contribution is 6.09. The third-order valence-electron chi connectivity index (χ3n) is 6.72. The molecule has 2 aliphatic heterocycles. The zero-order chi connectivity index (χ0) is 18.4. The van der Waals surface area contributed by atoms with Crippen LogP contribution in [0.25, 0.3) is 0 Å². The molecule has 140 valence electrons. The molecule has 2 heterocycles. The summed E-state index contributed by atoms with van der Waals surface area (Å²) >= 11 is 0. The van der Waals surface area contributed by atoms with Crippen LogP contribution in [0.3, 0.4) is 0 Å². The predicted molar refractivity (Wildman–Crippen MR) is 96.7 cm³/mol. The second kappa shape index (κ2) is 6.46. The van der Waals surface area contributed by atoms with Crippen molar-refractivity contribution in [2.45, 2.75) is 50.2 Å². The van der Waals surface area contributed by atoms with E-state index in [1.807, 2.05) is 0 Å². The van der Waals surface area contributed by atoms with Crippen LogP contribution in [-0.4, -0.2) is 49.1 Å². The molecule has 0 radical (unpaired) electrons. The van der Waals surface area contributed by atoms with Gasteiger partial charge >= 0.3 is 5.97 Å². The minimum absolute atomic E-state index is 0.152. The van der Waals surface area contributed by atoms with Crippen LogP contribution in [0.15, 0.2) is 24.3 Å². The number of methoxy groups -OCH3 is 1. The first-order valence-electron chi connectivity index (χ1n) is 9.70. The number of fused-ring (bicyclic) bond motifs is 1. The maximum atomic E-state index is 13.2. The van der Waals surface area contributed by atoms with Crippen molar-refractivity contribution in [2.75, 3.05) is 26.8 Å². The summed E-state index contributed by atoms with van der Waals surface area (Å²) in [5, 5.41) is 0. The number of esters is 1. The molecule has 1 saturated carbocycles. The van der Waals surface area contributed by atoms with Crippen molar-refractivity contribution >= 4 is 11.8 Å². The first kappa shape index (κ1) is 17.7. The molecule has 0 amide bonds. The van der Waals surface area contributed by atoms with Crippen molar-refractivity contribution in [1.82, 2.24) is 4.90 Å². The molecule has 1 saturated heterocycles. The molecule has 1 aromatic carbocycles. The molecule has 4 rings (SSSR count). The van der Waals surface area contributed by atoms with Crippen LogP contribution >= 0.6 is 0 Å². The maximum Gasteiger partial charge on any atom is 0.346 e. The topological polar surface area (TPSA) is 55.8 Å². The van der Waals surface area contributed by atoms with Gasteiger partial charge in [0.25, 0.3) is 0 Å². The molecule has 0 bridgehead atoms. The van der Waals surface area contributed by atoms with Gasteiger partial charge < -0.3 is 9.47 Å². The molecule has 5 heteroatoms. The lowest BCUT2D eigenvalue weighted by Crippen LogP contribution is -2.73. The fourth-order valence-corrected chi connectivity index (χ4v) is 5.72. The first-order valence-corrected chi connectivity index (χ1v) is 9.70. The predicted octanol–water partition coefficient (Wildman–Crippen LogP) is 2.46. The fourth-order valence-electron chi connectivity index (χ4n) is 5.72. The lowest BCUT2D eigenvalue weighted by molar-refractivity contribution is -0.207. The molecule has 0 unspecified atom stereocenters. The zero-order valence-corrected chi connectivity index (χ0v) is 15.6. The van der Waals surface area contributed by atoms with Crippen LogP contribution in [0.2, 0.25) is 0 Å². The molecule has 0 N–H and O–H groups in total. The number of rotatable bonds is 3. The Hall–Kier alpha value is -1.72. The summed E-state index contributed by atoms with van der Waals surface area (Å²) in [6.07, 6.45) is 4.78. The van der Waals surface area contributed by atoms with E-state index < -0.39 is 11.6 Å². The van der Waals surface area contributed by atoms with Crippen LogP contribution in [0.5, 0.6) is 0 Å². The lowest BCUT2D eigenvalue weighted by Gasteiger charge is -2.61. The lowest BCUT2D eigenvalue weighted by atomic mass is 9.56. The van der Waals surface area contributed by atoms with Crippen molar-refractivity contribution in [1.29, 1.82) is 0 Å². The van der Waals surface area contributed by atoms with Crippen molar-refractivity contribution < 1.29 is 19.1 Å². The number of benzene rings is 1. The third kappa shape index (κ3) is 2.16. The molecular weight excluding hydrogens is 330 g/mol. The Kier molecular flexibility index (Phi) is 4.40. The van der Waals surface area contributed by atoms with Crippen molar-refractivity contribution in [2.24, 2.45) is 5.92 Å². The average Bonchev–Trinajstić information content (AvgIpc) is 2.67. The van der Waals surface area contributed by atoms with Crippen molar-refractivity contribution in [3.63, 3.8) is 0 Å². The minimum atomic E-state index is -1.49. The van der Waals surface area contributed by atoms with E-state index in [1.54, 1.807) is 6.92 Å². The third-order valence-corrected chi connectivity index (χ3v) is 6.72. The van der Waals surface area contributed by atoms with E-state index in [0.29, 0.717) is 0 Å². The Bertz CT molecular complexity index is 732. The average molecular weight is 357 g/mol. The number of ketones is 1. The summed E-state index contributed by atoms with van der Waals surface area (Å²) in [5.74, 6) is -0.877. The number of carbonyl (C=O) groups excluding carboxylic acids is 2. The smallest absolute Gasteiger partial charge is 0.346 e. The number of ether oxygens (including phenoxy) is 2. The van der Waals surface area contributed by atoms with Crippen LogP contribution in [0.1, 0.15) is 43.7 Å². The van der Waals surface area contributed by atoms with E-state index in [2.05, 4.69) is 29.2 Å². The van der Waals surface area contributed by atoms with Crippen LogP contribution < -0.4 is 0 Å². The van der Waals surface area contributed by atoms with E-state index in [4.69, 9.17) is 9.47 Å². The van der Waals surface area contributed by atoms with E-state index in [-0.39, 0.29) is 30.4 Å². The molecule has 2 fully saturated rings. The van der Waals surface area contributed by atoms with Gasteiger partial charge in [0.2, 0.25) is 5.60 Å². The van der Waals surface area contributed by atoms with Gasteiger partial charge in [0.1, 0.15) is 0 Å². The fraction of sp³-hybridized carbons (Fsp3) is 0.619. The quantitative estimate of drug-likeness (QED) is 0.614. The van der Waals surface area contributed by atoms with Gasteiger partial charge in [-0.15, -0.1) is 0 Å². The van der Waals surface area contributed by atoms with E-state index >= 15 is 0 Å². The van der Waals surface area contributed by atoms with Gasteiger partial charge in [-0.1, -0.05) is 37.1 Å². The molecule has 1 aromatic rings. The number of hydrogen-bond acceptors (Lipinski definition) is 5. The normalized spacial score (nSPS) is 33.8. The molecule has 3 aliphatic rings. The van der Waals surface area contributed by atoms with E-state index in [1.165, 1.54) is 18.2 Å². The number of hydrogen-bond donors (Lipinski definition) is 0.